The molecule has 1 aromatic rings. The van der Waals surface area contributed by atoms with Crippen LogP contribution in [-0.4, -0.2) is 23.0 Å². The Bertz CT molecular complexity index is 621. The lowest BCUT2D eigenvalue weighted by Crippen LogP contribution is -2.54. The van der Waals surface area contributed by atoms with Crippen LogP contribution in [0, 0.1) is 5.41 Å². The molecule has 1 heterocycles. The van der Waals surface area contributed by atoms with Crippen molar-refractivity contribution in [1.29, 1.82) is 0 Å². The van der Waals surface area contributed by atoms with E-state index in [0.29, 0.717) is 11.1 Å². The van der Waals surface area contributed by atoms with Gasteiger partial charge >= 0.3 is 0 Å². The minimum Gasteiger partial charge on any atom is -0.340 e. The van der Waals surface area contributed by atoms with Crippen molar-refractivity contribution < 1.29 is 14.4 Å². The molecular formula is C16H19NO3. The molecule has 0 fully saturated rings. The molecule has 1 amide bonds. The molecule has 1 aliphatic heterocycles. The van der Waals surface area contributed by atoms with Crippen LogP contribution >= 0.6 is 0 Å². The number of rotatable bonds is 1. The van der Waals surface area contributed by atoms with E-state index in [2.05, 4.69) is 5.32 Å². The molecule has 0 spiro atoms. The van der Waals surface area contributed by atoms with Gasteiger partial charge in [0.25, 0.3) is 5.91 Å². The molecule has 4 heteroatoms. The van der Waals surface area contributed by atoms with Gasteiger partial charge in [0.2, 0.25) is 0 Å². The molecule has 0 unspecified atom stereocenters. The van der Waals surface area contributed by atoms with Crippen molar-refractivity contribution >= 4 is 17.5 Å². The number of nitrogens with one attached hydrogen (secondary N) is 1. The Morgan fingerprint density at radius 2 is 1.70 bits per heavy atom. The molecule has 0 aromatic heterocycles. The van der Waals surface area contributed by atoms with Crippen LogP contribution in [0.3, 0.4) is 0 Å². The van der Waals surface area contributed by atoms with Crippen molar-refractivity contribution in [3.8, 4) is 0 Å². The fourth-order valence-corrected chi connectivity index (χ4v) is 2.25. The highest BCUT2D eigenvalue weighted by atomic mass is 16.2. The van der Waals surface area contributed by atoms with Crippen LogP contribution in [0.4, 0.5) is 0 Å². The van der Waals surface area contributed by atoms with Crippen molar-refractivity contribution in [1.82, 2.24) is 5.32 Å². The second kappa shape index (κ2) is 4.27. The fraction of sp³-hybridized carbons (Fsp3) is 0.438. The first-order valence-corrected chi connectivity index (χ1v) is 6.60. The maximum Gasteiger partial charge on any atom is 0.252 e. The summed E-state index contributed by atoms with van der Waals surface area (Å²) in [6.45, 7) is 8.81. The van der Waals surface area contributed by atoms with Crippen LogP contribution in [-0.2, 0) is 0 Å². The van der Waals surface area contributed by atoms with Crippen LogP contribution in [0.2, 0.25) is 0 Å². The summed E-state index contributed by atoms with van der Waals surface area (Å²) in [5.74, 6) is -0.500. The van der Waals surface area contributed by atoms with Crippen molar-refractivity contribution in [2.24, 2.45) is 5.41 Å². The molecular weight excluding hydrogens is 254 g/mol. The zero-order chi connectivity index (χ0) is 15.3. The van der Waals surface area contributed by atoms with Gasteiger partial charge in [0, 0.05) is 16.5 Å². The van der Waals surface area contributed by atoms with E-state index >= 15 is 0 Å². The monoisotopic (exact) mass is 273 g/mol. The summed E-state index contributed by atoms with van der Waals surface area (Å²) in [6.07, 6.45) is 0. The Morgan fingerprint density at radius 1 is 1.10 bits per heavy atom. The summed E-state index contributed by atoms with van der Waals surface area (Å²) in [4.78, 5) is 36.6. The number of hydrogen-bond acceptors (Lipinski definition) is 3. The minimum atomic E-state index is -0.903. The van der Waals surface area contributed by atoms with E-state index in [1.165, 1.54) is 6.07 Å². The van der Waals surface area contributed by atoms with E-state index in [0.717, 1.165) is 0 Å². The van der Waals surface area contributed by atoms with Crippen LogP contribution < -0.4 is 5.32 Å². The predicted octanol–water partition coefficient (Wildman–Crippen LogP) is 2.62. The number of fused-ring (bicyclic) bond motifs is 1. The molecule has 0 radical (unpaired) electrons. The smallest absolute Gasteiger partial charge is 0.252 e. The number of carbonyl (C=O) groups excluding carboxylic acids is 3. The number of carbonyl (C=O) groups is 3. The molecule has 1 aromatic carbocycles. The summed E-state index contributed by atoms with van der Waals surface area (Å²) in [7, 11) is 0. The molecule has 1 N–H and O–H groups in total. The number of ketones is 2. The molecule has 0 aliphatic carbocycles. The number of benzene rings is 1. The largest absolute Gasteiger partial charge is 0.340 e. The van der Waals surface area contributed by atoms with Gasteiger partial charge in [0.1, 0.15) is 0 Å². The SMILES string of the molecule is CC(C)(C)C(=O)c1ccc2c(c1)C(=O)NC(C)(C)C2=O. The zero-order valence-electron chi connectivity index (χ0n) is 12.5. The van der Waals surface area contributed by atoms with E-state index < -0.39 is 11.0 Å². The maximum atomic E-state index is 12.3. The summed E-state index contributed by atoms with van der Waals surface area (Å²) < 4.78 is 0. The summed E-state index contributed by atoms with van der Waals surface area (Å²) in [5, 5.41) is 2.67. The standard InChI is InChI=1S/C16H19NO3/c1-15(2,3)12(18)9-6-7-10-11(8-9)14(20)17-16(4,5)13(10)19/h6-8H,1-5H3,(H,17,20). The van der Waals surface area contributed by atoms with Crippen molar-refractivity contribution in [3.05, 3.63) is 34.9 Å². The molecule has 106 valence electrons. The fourth-order valence-electron chi connectivity index (χ4n) is 2.25. The highest BCUT2D eigenvalue weighted by Gasteiger charge is 2.38. The highest BCUT2D eigenvalue weighted by Crippen LogP contribution is 2.27. The Kier molecular flexibility index (Phi) is 3.08. The average molecular weight is 273 g/mol. The first-order chi connectivity index (χ1) is 9.04. The van der Waals surface area contributed by atoms with Gasteiger partial charge < -0.3 is 5.32 Å². The van der Waals surface area contributed by atoms with E-state index in [9.17, 15) is 14.4 Å². The van der Waals surface area contributed by atoms with Crippen LogP contribution in [0.5, 0.6) is 0 Å². The van der Waals surface area contributed by atoms with Gasteiger partial charge in [-0.15, -0.1) is 0 Å². The third-order valence-corrected chi connectivity index (χ3v) is 3.45. The number of Topliss-reactive ketones (excluding diaryl/α,β-unsaturated/α-hetero) is 2. The number of amides is 1. The van der Waals surface area contributed by atoms with Crippen molar-refractivity contribution in [2.45, 2.75) is 40.2 Å². The Morgan fingerprint density at radius 3 is 2.25 bits per heavy atom. The number of hydrogen-bond donors (Lipinski definition) is 1. The molecule has 0 saturated carbocycles. The molecule has 20 heavy (non-hydrogen) atoms. The topological polar surface area (TPSA) is 63.2 Å². The van der Waals surface area contributed by atoms with Crippen LogP contribution in [0.15, 0.2) is 18.2 Å². The normalized spacial score (nSPS) is 17.4. The third kappa shape index (κ3) is 2.26. The zero-order valence-corrected chi connectivity index (χ0v) is 12.5. The molecule has 1 aliphatic rings. The molecule has 0 saturated heterocycles. The van der Waals surface area contributed by atoms with Gasteiger partial charge in [-0.2, -0.15) is 0 Å². The van der Waals surface area contributed by atoms with E-state index in [-0.39, 0.29) is 23.0 Å². The van der Waals surface area contributed by atoms with Crippen molar-refractivity contribution in [3.63, 3.8) is 0 Å². The molecule has 0 bridgehead atoms. The summed E-state index contributed by atoms with van der Waals surface area (Å²) in [5.41, 5.74) is -0.310. The average Bonchev–Trinajstić information content (AvgIpc) is 2.33. The van der Waals surface area contributed by atoms with Gasteiger partial charge in [0.15, 0.2) is 11.6 Å². The Balaban J connectivity index is 2.54. The summed E-state index contributed by atoms with van der Waals surface area (Å²) in [6, 6.07) is 4.72. The Labute approximate surface area is 118 Å². The van der Waals surface area contributed by atoms with E-state index in [4.69, 9.17) is 0 Å². The highest BCUT2D eigenvalue weighted by molar-refractivity contribution is 6.18. The lowest BCUT2D eigenvalue weighted by molar-refractivity contribution is 0.0767. The molecule has 4 nitrogen and oxygen atoms in total. The Hall–Kier alpha value is -1.97. The van der Waals surface area contributed by atoms with E-state index in [1.54, 1.807) is 26.0 Å². The predicted molar refractivity (Wildman–Crippen MR) is 76.1 cm³/mol. The van der Waals surface area contributed by atoms with Gasteiger partial charge in [0.05, 0.1) is 11.1 Å². The summed E-state index contributed by atoms with van der Waals surface area (Å²) >= 11 is 0. The first kappa shape index (κ1) is 14.4. The van der Waals surface area contributed by atoms with Gasteiger partial charge in [-0.25, -0.2) is 0 Å². The minimum absolute atomic E-state index is 0.0506. The van der Waals surface area contributed by atoms with Crippen LogP contribution in [0.25, 0.3) is 0 Å². The molecule has 2 rings (SSSR count). The van der Waals surface area contributed by atoms with Gasteiger partial charge in [-0.3, -0.25) is 14.4 Å². The van der Waals surface area contributed by atoms with Crippen LogP contribution in [0.1, 0.15) is 65.7 Å². The van der Waals surface area contributed by atoms with Crippen molar-refractivity contribution in [2.75, 3.05) is 0 Å². The lowest BCUT2D eigenvalue weighted by atomic mass is 9.82. The quantitative estimate of drug-likeness (QED) is 0.800. The van der Waals surface area contributed by atoms with Gasteiger partial charge in [-0.05, 0) is 26.0 Å². The van der Waals surface area contributed by atoms with Gasteiger partial charge in [-0.1, -0.05) is 26.8 Å². The maximum absolute atomic E-state index is 12.3. The second-order valence-corrected chi connectivity index (χ2v) is 6.75. The third-order valence-electron chi connectivity index (χ3n) is 3.45. The lowest BCUT2D eigenvalue weighted by Gasteiger charge is -2.31. The molecule has 0 atom stereocenters. The first-order valence-electron chi connectivity index (χ1n) is 6.60. The second-order valence-electron chi connectivity index (χ2n) is 6.75. The van der Waals surface area contributed by atoms with E-state index in [1.807, 2.05) is 20.8 Å².